The zero-order chi connectivity index (χ0) is 24.6. The third-order valence-corrected chi connectivity index (χ3v) is 6.15. The van der Waals surface area contributed by atoms with Gasteiger partial charge in [0.1, 0.15) is 28.6 Å². The van der Waals surface area contributed by atoms with Crippen molar-refractivity contribution in [2.45, 2.75) is 26.2 Å². The van der Waals surface area contributed by atoms with E-state index in [2.05, 4.69) is 5.32 Å². The van der Waals surface area contributed by atoms with Gasteiger partial charge in [0, 0.05) is 18.2 Å². The fraction of sp³-hybridized carbons (Fsp3) is 0.240. The minimum Gasteiger partial charge on any atom is -0.497 e. The van der Waals surface area contributed by atoms with Gasteiger partial charge in [0.05, 0.1) is 12.8 Å². The summed E-state index contributed by atoms with van der Waals surface area (Å²) < 4.78 is 22.1. The van der Waals surface area contributed by atoms with E-state index in [0.717, 1.165) is 10.2 Å². The molecule has 0 unspecified atom stereocenters. The molecule has 9 heteroatoms. The number of rotatable bonds is 4. The molecule has 4 rings (SSSR count). The van der Waals surface area contributed by atoms with Crippen LogP contribution in [0.1, 0.15) is 34.5 Å². The van der Waals surface area contributed by atoms with Crippen molar-refractivity contribution in [3.05, 3.63) is 86.7 Å². The number of nitrogens with zero attached hydrogens (tertiary/aromatic N) is 2. The largest absolute Gasteiger partial charge is 0.497 e. The Hall–Kier alpha value is -4.14. The predicted molar refractivity (Wildman–Crippen MR) is 126 cm³/mol. The molecule has 0 spiro atoms. The summed E-state index contributed by atoms with van der Waals surface area (Å²) in [6.45, 7) is 1.62. The summed E-state index contributed by atoms with van der Waals surface area (Å²) >= 11 is 0. The molecule has 3 aromatic rings. The molecule has 176 valence electrons. The van der Waals surface area contributed by atoms with E-state index in [4.69, 9.17) is 10.5 Å². The first-order chi connectivity index (χ1) is 16.2. The first-order valence-corrected chi connectivity index (χ1v) is 10.8. The van der Waals surface area contributed by atoms with Crippen LogP contribution in [-0.2, 0) is 18.3 Å². The van der Waals surface area contributed by atoms with Gasteiger partial charge in [0.2, 0.25) is 0 Å². The lowest BCUT2D eigenvalue weighted by Crippen LogP contribution is -2.28. The van der Waals surface area contributed by atoms with Crippen molar-refractivity contribution < 1.29 is 18.7 Å². The third-order valence-electron chi connectivity index (χ3n) is 6.15. The number of Topliss-reactive ketones (excluding diaryl/α,β-unsaturated/α-hetero) is 1. The van der Waals surface area contributed by atoms with Gasteiger partial charge >= 0.3 is 0 Å². The lowest BCUT2D eigenvalue weighted by atomic mass is 9.98. The summed E-state index contributed by atoms with van der Waals surface area (Å²) in [5.41, 5.74) is 7.21. The summed E-state index contributed by atoms with van der Waals surface area (Å²) in [7, 11) is 3.14. The maximum atomic E-state index is 14.3. The van der Waals surface area contributed by atoms with Gasteiger partial charge in [0.25, 0.3) is 11.5 Å². The van der Waals surface area contributed by atoms with Crippen LogP contribution < -0.4 is 21.3 Å². The summed E-state index contributed by atoms with van der Waals surface area (Å²) in [5, 5.41) is 2.54. The lowest BCUT2D eigenvalue weighted by Gasteiger charge is -2.10. The Morgan fingerprint density at radius 2 is 1.88 bits per heavy atom. The number of anilines is 1. The van der Waals surface area contributed by atoms with Crippen LogP contribution in [0, 0.1) is 12.7 Å². The number of amides is 1. The number of nitrogens with two attached hydrogens (primary N) is 1. The number of aromatic nitrogens is 2. The maximum absolute atomic E-state index is 14.3. The molecule has 0 bridgehead atoms. The fourth-order valence-electron chi connectivity index (χ4n) is 4.18. The number of fused-ring (bicyclic) bond motifs is 1. The van der Waals surface area contributed by atoms with E-state index in [1.807, 2.05) is 6.07 Å². The predicted octanol–water partition coefficient (Wildman–Crippen LogP) is 3.00. The molecule has 0 radical (unpaired) electrons. The molecule has 1 amide bonds. The Kier molecular flexibility index (Phi) is 6.10. The number of ketones is 1. The van der Waals surface area contributed by atoms with E-state index in [0.29, 0.717) is 36.3 Å². The van der Waals surface area contributed by atoms with Crippen LogP contribution in [0.15, 0.2) is 58.5 Å². The molecule has 0 fully saturated rings. The smallest absolute Gasteiger partial charge is 0.295 e. The van der Waals surface area contributed by atoms with Gasteiger partial charge in [-0.3, -0.25) is 19.1 Å². The number of nitrogens with one attached hydrogen (secondary N) is 1. The highest BCUT2D eigenvalue weighted by molar-refractivity contribution is 6.16. The first-order valence-electron chi connectivity index (χ1n) is 10.8. The summed E-state index contributed by atoms with van der Waals surface area (Å²) in [5.74, 6) is -1.01. The molecular weight excluding hydrogens is 439 g/mol. The van der Waals surface area contributed by atoms with Gasteiger partial charge in [-0.15, -0.1) is 0 Å². The maximum Gasteiger partial charge on any atom is 0.295 e. The number of methoxy groups -OCH3 is 1. The number of aryl methyl sites for hydroxylation is 1. The van der Waals surface area contributed by atoms with Crippen LogP contribution >= 0.6 is 0 Å². The van der Waals surface area contributed by atoms with E-state index < -0.39 is 17.3 Å². The number of hydrogen-bond acceptors (Lipinski definition) is 5. The van der Waals surface area contributed by atoms with Gasteiger partial charge < -0.3 is 15.8 Å². The number of benzene rings is 2. The van der Waals surface area contributed by atoms with Crippen LogP contribution in [0.25, 0.3) is 5.69 Å². The van der Waals surface area contributed by atoms with Crippen molar-refractivity contribution in [1.29, 1.82) is 0 Å². The van der Waals surface area contributed by atoms with Gasteiger partial charge in [0.15, 0.2) is 5.78 Å². The number of hydrogen-bond donors (Lipinski definition) is 2. The standard InChI is InChI=1S/C25H25FN4O4/c1-14-22(25(33)30(29(14)2)20-10-5-4-9-19(20)26)28-24(32)21(27)18-8-6-7-15-13-16(34-3)11-12-17(15)23(18)31/h4-5,9-13H,6-8,27H2,1-3H3,(H,28,32). The van der Waals surface area contributed by atoms with Gasteiger partial charge in [-0.05, 0) is 62.1 Å². The molecule has 0 aliphatic heterocycles. The van der Waals surface area contributed by atoms with Gasteiger partial charge in [-0.2, -0.15) is 0 Å². The number of carbonyl (C=O) groups is 2. The topological polar surface area (TPSA) is 108 Å². The normalized spacial score (nSPS) is 14.9. The molecule has 1 aromatic heterocycles. The van der Waals surface area contributed by atoms with Gasteiger partial charge in [-0.1, -0.05) is 12.1 Å². The number of halogens is 1. The second-order valence-electron chi connectivity index (χ2n) is 8.10. The zero-order valence-corrected chi connectivity index (χ0v) is 19.1. The van der Waals surface area contributed by atoms with Crippen LogP contribution in [0.2, 0.25) is 0 Å². The first kappa shape index (κ1) is 23.0. The number of para-hydroxylation sites is 1. The average molecular weight is 464 g/mol. The highest BCUT2D eigenvalue weighted by atomic mass is 19.1. The van der Waals surface area contributed by atoms with Crippen LogP contribution in [-0.4, -0.2) is 28.2 Å². The molecule has 0 atom stereocenters. The van der Waals surface area contributed by atoms with E-state index in [-0.39, 0.29) is 28.4 Å². The number of carbonyl (C=O) groups excluding carboxylic acids is 2. The Labute approximate surface area is 195 Å². The van der Waals surface area contributed by atoms with Crippen molar-refractivity contribution in [3.63, 3.8) is 0 Å². The summed E-state index contributed by atoms with van der Waals surface area (Å²) in [4.78, 5) is 39.3. The summed E-state index contributed by atoms with van der Waals surface area (Å²) in [6.07, 6.45) is 1.59. The van der Waals surface area contributed by atoms with Crippen molar-refractivity contribution in [2.24, 2.45) is 12.8 Å². The van der Waals surface area contributed by atoms with E-state index >= 15 is 0 Å². The number of allylic oxidation sites excluding steroid dienone is 1. The fourth-order valence-corrected chi connectivity index (χ4v) is 4.18. The number of ether oxygens (including phenoxy) is 1. The quantitative estimate of drug-likeness (QED) is 0.456. The summed E-state index contributed by atoms with van der Waals surface area (Å²) in [6, 6.07) is 11.0. The Morgan fingerprint density at radius 1 is 1.15 bits per heavy atom. The Bertz CT molecular complexity index is 1400. The molecule has 0 saturated heterocycles. The molecule has 3 N–H and O–H groups in total. The van der Waals surface area contributed by atoms with E-state index in [9.17, 15) is 18.8 Å². The van der Waals surface area contributed by atoms with E-state index in [1.54, 1.807) is 39.3 Å². The molecule has 2 aromatic carbocycles. The molecule has 34 heavy (non-hydrogen) atoms. The second kappa shape index (κ2) is 9.01. The highest BCUT2D eigenvalue weighted by Gasteiger charge is 2.27. The van der Waals surface area contributed by atoms with Crippen LogP contribution in [0.3, 0.4) is 0 Å². The van der Waals surface area contributed by atoms with Crippen molar-refractivity contribution in [3.8, 4) is 11.4 Å². The Balaban J connectivity index is 1.69. The molecular formula is C25H25FN4O4. The average Bonchev–Trinajstić information content (AvgIpc) is 2.95. The molecule has 8 nitrogen and oxygen atoms in total. The van der Waals surface area contributed by atoms with Crippen LogP contribution in [0.4, 0.5) is 10.1 Å². The SMILES string of the molecule is COc1ccc2c(c1)CCCC(=C(N)C(=O)Nc1c(C)n(C)n(-c3ccccc3F)c1=O)C2=O. The lowest BCUT2D eigenvalue weighted by molar-refractivity contribution is -0.113. The van der Waals surface area contributed by atoms with Crippen LogP contribution in [0.5, 0.6) is 5.75 Å². The van der Waals surface area contributed by atoms with Crippen molar-refractivity contribution in [1.82, 2.24) is 9.36 Å². The molecule has 1 heterocycles. The molecule has 0 saturated carbocycles. The van der Waals surface area contributed by atoms with E-state index in [1.165, 1.54) is 22.9 Å². The van der Waals surface area contributed by atoms with Crippen molar-refractivity contribution >= 4 is 17.4 Å². The minimum atomic E-state index is -0.758. The van der Waals surface area contributed by atoms with Crippen molar-refractivity contribution in [2.75, 3.05) is 12.4 Å². The highest BCUT2D eigenvalue weighted by Crippen LogP contribution is 2.28. The third kappa shape index (κ3) is 3.89. The minimum absolute atomic E-state index is 0.0366. The van der Waals surface area contributed by atoms with Gasteiger partial charge in [-0.25, -0.2) is 9.07 Å². The monoisotopic (exact) mass is 464 g/mol. The zero-order valence-electron chi connectivity index (χ0n) is 19.1. The Morgan fingerprint density at radius 3 is 2.59 bits per heavy atom. The molecule has 1 aliphatic rings. The molecule has 1 aliphatic carbocycles. The second-order valence-corrected chi connectivity index (χ2v) is 8.10.